The Hall–Kier alpha value is -3.08. The molecular weight excluding hydrogens is 296 g/mol. The van der Waals surface area contributed by atoms with Gasteiger partial charge in [0.05, 0.1) is 11.1 Å². The molecule has 2 aromatic carbocycles. The lowest BCUT2D eigenvalue weighted by molar-refractivity contribution is 0.0443. The molecule has 4 rings (SSSR count). The third-order valence-corrected chi connectivity index (χ3v) is 4.18. The highest BCUT2D eigenvalue weighted by Crippen LogP contribution is 2.30. The predicted octanol–water partition coefficient (Wildman–Crippen LogP) is 2.82. The fourth-order valence-electron chi connectivity index (χ4n) is 2.96. The highest BCUT2D eigenvalue weighted by atomic mass is 16.6. The van der Waals surface area contributed by atoms with Crippen LogP contribution in [0.25, 0.3) is 11.1 Å². The molecule has 1 heterocycles. The first-order valence-electron chi connectivity index (χ1n) is 7.16. The van der Waals surface area contributed by atoms with E-state index in [1.807, 2.05) is 0 Å². The summed E-state index contributed by atoms with van der Waals surface area (Å²) in [5.74, 6) is -1.41. The van der Waals surface area contributed by atoms with Crippen molar-refractivity contribution in [1.82, 2.24) is 0 Å². The SMILES string of the molecule is O=C1CCC(=O)c2cc(-c3ccc4c(c3)C(=O)OC4=O)ccc21. The summed E-state index contributed by atoms with van der Waals surface area (Å²) in [7, 11) is 0. The maximum absolute atomic E-state index is 12.0. The molecule has 0 bridgehead atoms. The first-order chi connectivity index (χ1) is 11.0. The Morgan fingerprint density at radius 3 is 1.83 bits per heavy atom. The van der Waals surface area contributed by atoms with Crippen molar-refractivity contribution in [2.75, 3.05) is 0 Å². The summed E-state index contributed by atoms with van der Waals surface area (Å²) in [6.07, 6.45) is 0.471. The molecule has 0 atom stereocenters. The molecule has 0 radical (unpaired) electrons. The van der Waals surface area contributed by atoms with Gasteiger partial charge in [0.1, 0.15) is 0 Å². The van der Waals surface area contributed by atoms with E-state index in [0.29, 0.717) is 22.3 Å². The van der Waals surface area contributed by atoms with Gasteiger partial charge in [-0.3, -0.25) is 9.59 Å². The van der Waals surface area contributed by atoms with E-state index in [9.17, 15) is 19.2 Å². The summed E-state index contributed by atoms with van der Waals surface area (Å²) < 4.78 is 4.57. The standard InChI is InChI=1S/C18H10O5/c19-15-5-6-16(20)13-7-9(1-3-11(13)15)10-2-4-12-14(8-10)18(22)23-17(12)21/h1-4,7-8H,5-6H2. The maximum Gasteiger partial charge on any atom is 0.346 e. The van der Waals surface area contributed by atoms with Gasteiger partial charge < -0.3 is 4.74 Å². The van der Waals surface area contributed by atoms with Gasteiger partial charge in [-0.2, -0.15) is 0 Å². The van der Waals surface area contributed by atoms with Crippen LogP contribution in [-0.4, -0.2) is 23.5 Å². The molecular formula is C18H10O5. The number of esters is 2. The van der Waals surface area contributed by atoms with E-state index >= 15 is 0 Å². The van der Waals surface area contributed by atoms with E-state index in [2.05, 4.69) is 4.74 Å². The van der Waals surface area contributed by atoms with Gasteiger partial charge in [0, 0.05) is 24.0 Å². The van der Waals surface area contributed by atoms with Gasteiger partial charge >= 0.3 is 11.9 Å². The molecule has 1 aliphatic heterocycles. The van der Waals surface area contributed by atoms with E-state index in [1.165, 1.54) is 6.07 Å². The minimum Gasteiger partial charge on any atom is -0.386 e. The summed E-state index contributed by atoms with van der Waals surface area (Å²) in [4.78, 5) is 47.0. The lowest BCUT2D eigenvalue weighted by Gasteiger charge is -2.15. The number of Topliss-reactive ketones (excluding diaryl/α,β-unsaturated/α-hetero) is 2. The van der Waals surface area contributed by atoms with Crippen LogP contribution < -0.4 is 0 Å². The lowest BCUT2D eigenvalue weighted by Crippen LogP contribution is -2.16. The minimum atomic E-state index is -0.670. The fraction of sp³-hybridized carbons (Fsp3) is 0.111. The van der Waals surface area contributed by atoms with Gasteiger partial charge in [0.15, 0.2) is 11.6 Å². The third-order valence-electron chi connectivity index (χ3n) is 4.18. The van der Waals surface area contributed by atoms with Crippen molar-refractivity contribution in [2.24, 2.45) is 0 Å². The first kappa shape index (κ1) is 13.6. The second kappa shape index (κ2) is 4.71. The highest BCUT2D eigenvalue weighted by Gasteiger charge is 2.30. The van der Waals surface area contributed by atoms with Crippen molar-refractivity contribution >= 4 is 23.5 Å². The van der Waals surface area contributed by atoms with Crippen molar-refractivity contribution in [2.45, 2.75) is 12.8 Å². The zero-order valence-corrected chi connectivity index (χ0v) is 11.9. The number of carbonyl (C=O) groups excluding carboxylic acids is 4. The van der Waals surface area contributed by atoms with Gasteiger partial charge in [0.2, 0.25) is 0 Å². The second-order valence-electron chi connectivity index (χ2n) is 5.54. The van der Waals surface area contributed by atoms with Crippen LogP contribution in [0, 0.1) is 0 Å². The molecule has 0 spiro atoms. The van der Waals surface area contributed by atoms with Crippen LogP contribution in [0.4, 0.5) is 0 Å². The number of benzene rings is 2. The van der Waals surface area contributed by atoms with E-state index in [-0.39, 0.29) is 35.5 Å². The zero-order chi connectivity index (χ0) is 16.1. The molecule has 2 aromatic rings. The van der Waals surface area contributed by atoms with Gasteiger partial charge in [-0.1, -0.05) is 18.2 Å². The number of cyclic esters (lactones) is 2. The second-order valence-corrected chi connectivity index (χ2v) is 5.54. The summed E-state index contributed by atoms with van der Waals surface area (Å²) in [6.45, 7) is 0. The molecule has 0 amide bonds. The number of carbonyl (C=O) groups is 4. The molecule has 1 aliphatic carbocycles. The summed E-state index contributed by atoms with van der Waals surface area (Å²) in [6, 6.07) is 9.83. The Kier molecular flexibility index (Phi) is 2.78. The molecule has 23 heavy (non-hydrogen) atoms. The number of ketones is 2. The monoisotopic (exact) mass is 306 g/mol. The van der Waals surface area contributed by atoms with Crippen LogP contribution in [0.1, 0.15) is 54.3 Å². The van der Waals surface area contributed by atoms with Crippen LogP contribution in [0.5, 0.6) is 0 Å². The van der Waals surface area contributed by atoms with Crippen molar-refractivity contribution in [1.29, 1.82) is 0 Å². The number of fused-ring (bicyclic) bond motifs is 2. The average molecular weight is 306 g/mol. The Morgan fingerprint density at radius 1 is 0.609 bits per heavy atom. The topological polar surface area (TPSA) is 77.5 Å². The Morgan fingerprint density at radius 2 is 1.13 bits per heavy atom. The molecule has 5 nitrogen and oxygen atoms in total. The Labute approximate surface area is 130 Å². The molecule has 0 saturated carbocycles. The normalized spacial score (nSPS) is 16.2. The molecule has 0 fully saturated rings. The van der Waals surface area contributed by atoms with Crippen LogP contribution >= 0.6 is 0 Å². The quantitative estimate of drug-likeness (QED) is 0.598. The van der Waals surface area contributed by atoms with Crippen LogP contribution in [-0.2, 0) is 4.74 Å². The Balaban J connectivity index is 1.84. The van der Waals surface area contributed by atoms with Crippen molar-refractivity contribution in [3.63, 3.8) is 0 Å². The number of hydrogen-bond donors (Lipinski definition) is 0. The summed E-state index contributed by atoms with van der Waals surface area (Å²) in [5, 5.41) is 0. The van der Waals surface area contributed by atoms with Gasteiger partial charge in [-0.05, 0) is 29.3 Å². The van der Waals surface area contributed by atoms with E-state index in [1.54, 1.807) is 30.3 Å². The smallest absolute Gasteiger partial charge is 0.346 e. The average Bonchev–Trinajstić information content (AvgIpc) is 2.85. The Bertz CT molecular complexity index is 923. The number of hydrogen-bond acceptors (Lipinski definition) is 5. The maximum atomic E-state index is 12.0. The molecule has 2 aliphatic rings. The molecule has 0 aromatic heterocycles. The predicted molar refractivity (Wildman–Crippen MR) is 79.5 cm³/mol. The molecule has 0 saturated heterocycles. The van der Waals surface area contributed by atoms with Gasteiger partial charge in [-0.15, -0.1) is 0 Å². The van der Waals surface area contributed by atoms with Gasteiger partial charge in [0.25, 0.3) is 0 Å². The van der Waals surface area contributed by atoms with E-state index in [4.69, 9.17) is 0 Å². The number of rotatable bonds is 1. The van der Waals surface area contributed by atoms with Crippen LogP contribution in [0.15, 0.2) is 36.4 Å². The van der Waals surface area contributed by atoms with Crippen molar-refractivity contribution < 1.29 is 23.9 Å². The third kappa shape index (κ3) is 2.01. The summed E-state index contributed by atoms with van der Waals surface area (Å²) in [5.41, 5.74) is 2.71. The number of ether oxygens (including phenoxy) is 1. The molecule has 5 heteroatoms. The van der Waals surface area contributed by atoms with Crippen LogP contribution in [0.3, 0.4) is 0 Å². The molecule has 0 unspecified atom stereocenters. The fourth-order valence-corrected chi connectivity index (χ4v) is 2.96. The minimum absolute atomic E-state index is 0.0331. The van der Waals surface area contributed by atoms with E-state index in [0.717, 1.165) is 0 Å². The largest absolute Gasteiger partial charge is 0.386 e. The lowest BCUT2D eigenvalue weighted by atomic mass is 9.87. The molecule has 0 N–H and O–H groups in total. The molecule has 112 valence electrons. The zero-order valence-electron chi connectivity index (χ0n) is 11.9. The van der Waals surface area contributed by atoms with Gasteiger partial charge in [-0.25, -0.2) is 9.59 Å². The van der Waals surface area contributed by atoms with E-state index < -0.39 is 11.9 Å². The van der Waals surface area contributed by atoms with Crippen molar-refractivity contribution in [3.05, 3.63) is 58.7 Å². The highest BCUT2D eigenvalue weighted by molar-refractivity contribution is 6.16. The van der Waals surface area contributed by atoms with Crippen LogP contribution in [0.2, 0.25) is 0 Å². The van der Waals surface area contributed by atoms with Crippen molar-refractivity contribution in [3.8, 4) is 11.1 Å². The summed E-state index contributed by atoms with van der Waals surface area (Å²) >= 11 is 0. The first-order valence-corrected chi connectivity index (χ1v) is 7.16.